The fourth-order valence-corrected chi connectivity index (χ4v) is 2.53. The molecule has 0 bridgehead atoms. The molecule has 0 aliphatic heterocycles. The number of halogens is 1. The van der Waals surface area contributed by atoms with Gasteiger partial charge in [-0.2, -0.15) is 0 Å². The van der Waals surface area contributed by atoms with E-state index < -0.39 is 0 Å². The second kappa shape index (κ2) is 14.0. The Morgan fingerprint density at radius 2 is 1.93 bits per heavy atom. The minimum absolute atomic E-state index is 0. The van der Waals surface area contributed by atoms with Gasteiger partial charge in [0.2, 0.25) is 5.88 Å². The molecule has 2 N–H and O–H groups in total. The van der Waals surface area contributed by atoms with Gasteiger partial charge in [0.1, 0.15) is 12.4 Å². The highest BCUT2D eigenvalue weighted by Gasteiger charge is 2.06. The molecule has 0 aliphatic rings. The van der Waals surface area contributed by atoms with Crippen LogP contribution in [-0.2, 0) is 17.8 Å². The lowest BCUT2D eigenvalue weighted by molar-refractivity contribution is 0.145. The summed E-state index contributed by atoms with van der Waals surface area (Å²) >= 11 is 0. The molecule has 29 heavy (non-hydrogen) atoms. The first-order valence-electron chi connectivity index (χ1n) is 9.38. The molecule has 0 radical (unpaired) electrons. The Kier molecular flexibility index (Phi) is 12.1. The fraction of sp³-hybridized carbons (Fsp3) is 0.429. The molecule has 7 nitrogen and oxygen atoms in total. The minimum Gasteiger partial charge on any atom is -0.491 e. The molecular weight excluding hydrogens is 483 g/mol. The van der Waals surface area contributed by atoms with Crippen molar-refractivity contribution in [2.75, 3.05) is 34.0 Å². The van der Waals surface area contributed by atoms with Crippen LogP contribution in [0.1, 0.15) is 23.6 Å². The molecule has 160 valence electrons. The number of guanidine groups is 1. The summed E-state index contributed by atoms with van der Waals surface area (Å²) in [4.78, 5) is 8.77. The van der Waals surface area contributed by atoms with E-state index in [1.165, 1.54) is 0 Å². The van der Waals surface area contributed by atoms with Crippen molar-refractivity contribution >= 4 is 29.9 Å². The van der Waals surface area contributed by atoms with Crippen molar-refractivity contribution in [3.05, 3.63) is 53.2 Å². The molecule has 0 amide bonds. The summed E-state index contributed by atoms with van der Waals surface area (Å²) in [5.74, 6) is 2.18. The van der Waals surface area contributed by atoms with Crippen LogP contribution in [0.25, 0.3) is 0 Å². The second-order valence-corrected chi connectivity index (χ2v) is 6.21. The molecule has 2 rings (SSSR count). The smallest absolute Gasteiger partial charge is 0.213 e. The lowest BCUT2D eigenvalue weighted by Crippen LogP contribution is -2.36. The topological polar surface area (TPSA) is 77.0 Å². The Labute approximate surface area is 190 Å². The van der Waals surface area contributed by atoms with Gasteiger partial charge in [-0.1, -0.05) is 12.1 Å². The van der Waals surface area contributed by atoms with Gasteiger partial charge >= 0.3 is 0 Å². The van der Waals surface area contributed by atoms with Crippen LogP contribution < -0.4 is 20.1 Å². The Bertz CT molecular complexity index is 771. The average molecular weight is 514 g/mol. The third kappa shape index (κ3) is 8.86. The quantitative estimate of drug-likeness (QED) is 0.219. The van der Waals surface area contributed by atoms with E-state index in [-0.39, 0.29) is 24.0 Å². The molecule has 0 spiro atoms. The third-order valence-corrected chi connectivity index (χ3v) is 3.99. The van der Waals surface area contributed by atoms with Gasteiger partial charge in [-0.3, -0.25) is 0 Å². The van der Waals surface area contributed by atoms with E-state index >= 15 is 0 Å². The molecule has 8 heteroatoms. The summed E-state index contributed by atoms with van der Waals surface area (Å²) in [6.07, 6.45) is 1.72. The van der Waals surface area contributed by atoms with Crippen LogP contribution >= 0.6 is 24.0 Å². The first-order chi connectivity index (χ1) is 13.7. The summed E-state index contributed by atoms with van der Waals surface area (Å²) in [6, 6.07) is 10.0. The van der Waals surface area contributed by atoms with Crippen molar-refractivity contribution in [2.24, 2.45) is 4.99 Å². The lowest BCUT2D eigenvalue weighted by atomic mass is 10.1. The Hall–Kier alpha value is -2.07. The molecule has 2 aromatic rings. The van der Waals surface area contributed by atoms with Crippen LogP contribution in [0, 0.1) is 6.92 Å². The van der Waals surface area contributed by atoms with Gasteiger partial charge in [0, 0.05) is 38.0 Å². The third-order valence-electron chi connectivity index (χ3n) is 3.99. The molecule has 1 heterocycles. The number of aliphatic imine (C=N–C) groups is 1. The van der Waals surface area contributed by atoms with E-state index in [1.54, 1.807) is 20.4 Å². The van der Waals surface area contributed by atoms with Crippen molar-refractivity contribution in [1.29, 1.82) is 0 Å². The number of aryl methyl sites for hydroxylation is 1. The number of benzene rings is 1. The molecule has 1 aromatic heterocycles. The number of hydrogen-bond donors (Lipinski definition) is 2. The van der Waals surface area contributed by atoms with Crippen LogP contribution in [0.3, 0.4) is 0 Å². The number of hydrogen-bond acceptors (Lipinski definition) is 5. The summed E-state index contributed by atoms with van der Waals surface area (Å²) < 4.78 is 16.1. The number of nitrogens with zero attached hydrogens (tertiary/aromatic N) is 2. The number of pyridine rings is 1. The van der Waals surface area contributed by atoms with E-state index in [0.29, 0.717) is 32.2 Å². The number of aromatic nitrogens is 1. The SMILES string of the molecule is CCNC(=NCc1ccnc(OC)c1)NCc1ccc(C)cc1OCCOC.I. The fourth-order valence-electron chi connectivity index (χ4n) is 2.53. The molecule has 0 saturated heterocycles. The number of ether oxygens (including phenoxy) is 3. The molecule has 1 aromatic carbocycles. The molecule has 0 atom stereocenters. The largest absolute Gasteiger partial charge is 0.491 e. The van der Waals surface area contributed by atoms with Crippen LogP contribution in [0.5, 0.6) is 11.6 Å². The summed E-state index contributed by atoms with van der Waals surface area (Å²) in [7, 11) is 3.27. The van der Waals surface area contributed by atoms with Crippen molar-refractivity contribution in [1.82, 2.24) is 15.6 Å². The Morgan fingerprint density at radius 1 is 1.10 bits per heavy atom. The van der Waals surface area contributed by atoms with Gasteiger partial charge < -0.3 is 24.8 Å². The summed E-state index contributed by atoms with van der Waals surface area (Å²) in [5.41, 5.74) is 3.25. The number of methoxy groups -OCH3 is 2. The van der Waals surface area contributed by atoms with Crippen molar-refractivity contribution in [2.45, 2.75) is 26.9 Å². The van der Waals surface area contributed by atoms with Gasteiger partial charge in [0.25, 0.3) is 0 Å². The monoisotopic (exact) mass is 514 g/mol. The van der Waals surface area contributed by atoms with E-state index in [9.17, 15) is 0 Å². The highest BCUT2D eigenvalue weighted by Crippen LogP contribution is 2.20. The van der Waals surface area contributed by atoms with Crippen LogP contribution in [0.2, 0.25) is 0 Å². The first-order valence-corrected chi connectivity index (χ1v) is 9.38. The Morgan fingerprint density at radius 3 is 2.66 bits per heavy atom. The van der Waals surface area contributed by atoms with Crippen molar-refractivity contribution in [3.63, 3.8) is 0 Å². The standard InChI is InChI=1S/C21H30N4O3.HI/c1-5-22-21(24-14-17-8-9-23-20(13-17)27-4)25-15-18-7-6-16(2)12-19(18)28-11-10-26-3;/h6-9,12-13H,5,10-11,14-15H2,1-4H3,(H2,22,24,25);1H. The normalized spacial score (nSPS) is 10.8. The maximum Gasteiger partial charge on any atom is 0.213 e. The zero-order valence-electron chi connectivity index (χ0n) is 17.5. The maximum absolute atomic E-state index is 5.86. The van der Waals surface area contributed by atoms with Gasteiger partial charge in [-0.25, -0.2) is 9.98 Å². The minimum atomic E-state index is 0. The van der Waals surface area contributed by atoms with E-state index in [1.807, 2.05) is 25.1 Å². The van der Waals surface area contributed by atoms with E-state index in [2.05, 4.69) is 39.7 Å². The predicted molar refractivity (Wildman–Crippen MR) is 126 cm³/mol. The molecule has 0 saturated carbocycles. The highest BCUT2D eigenvalue weighted by molar-refractivity contribution is 14.0. The van der Waals surface area contributed by atoms with Crippen LogP contribution in [-0.4, -0.2) is 44.9 Å². The summed E-state index contributed by atoms with van der Waals surface area (Å²) in [5, 5.41) is 6.63. The molecule has 0 unspecified atom stereocenters. The van der Waals surface area contributed by atoms with Crippen molar-refractivity contribution < 1.29 is 14.2 Å². The zero-order chi connectivity index (χ0) is 20.2. The molecule has 0 fully saturated rings. The van der Waals surface area contributed by atoms with E-state index in [0.717, 1.165) is 34.9 Å². The van der Waals surface area contributed by atoms with E-state index in [4.69, 9.17) is 14.2 Å². The Balaban J connectivity index is 0.00000420. The summed E-state index contributed by atoms with van der Waals surface area (Å²) in [6.45, 7) is 7.07. The molecular formula is C21H31IN4O3. The number of rotatable bonds is 10. The van der Waals surface area contributed by atoms with Gasteiger partial charge in [0.05, 0.1) is 20.3 Å². The van der Waals surface area contributed by atoms with Gasteiger partial charge in [-0.15, -0.1) is 24.0 Å². The number of nitrogens with one attached hydrogen (secondary N) is 2. The second-order valence-electron chi connectivity index (χ2n) is 6.21. The maximum atomic E-state index is 5.86. The highest BCUT2D eigenvalue weighted by atomic mass is 127. The van der Waals surface area contributed by atoms with Gasteiger partial charge in [0.15, 0.2) is 5.96 Å². The predicted octanol–water partition coefficient (Wildman–Crippen LogP) is 3.30. The average Bonchev–Trinajstić information content (AvgIpc) is 2.71. The van der Waals surface area contributed by atoms with Crippen LogP contribution in [0.15, 0.2) is 41.5 Å². The van der Waals surface area contributed by atoms with Crippen molar-refractivity contribution in [3.8, 4) is 11.6 Å². The first kappa shape index (κ1) is 25.0. The van der Waals surface area contributed by atoms with Crippen LogP contribution in [0.4, 0.5) is 0 Å². The molecule has 0 aliphatic carbocycles. The lowest BCUT2D eigenvalue weighted by Gasteiger charge is -2.15. The van der Waals surface area contributed by atoms with Gasteiger partial charge in [-0.05, 0) is 37.1 Å². The zero-order valence-corrected chi connectivity index (χ0v) is 19.9.